The lowest BCUT2D eigenvalue weighted by Crippen LogP contribution is -2.23. The monoisotopic (exact) mass is 415 g/mol. The highest BCUT2D eigenvalue weighted by Crippen LogP contribution is 2.26. The number of nitrogens with zero attached hydrogens (tertiary/aromatic N) is 4. The van der Waals surface area contributed by atoms with Crippen LogP contribution in [0.2, 0.25) is 5.02 Å². The van der Waals surface area contributed by atoms with Gasteiger partial charge < -0.3 is 9.88 Å². The van der Waals surface area contributed by atoms with Crippen LogP contribution in [0.5, 0.6) is 0 Å². The van der Waals surface area contributed by atoms with E-state index in [0.29, 0.717) is 28.6 Å². The Bertz CT molecular complexity index is 1040. The van der Waals surface area contributed by atoms with Crippen LogP contribution in [0.3, 0.4) is 0 Å². The molecule has 0 atom stereocenters. The van der Waals surface area contributed by atoms with Crippen LogP contribution in [0, 0.1) is 4.77 Å². The van der Waals surface area contributed by atoms with Crippen LogP contribution in [-0.2, 0) is 20.3 Å². The van der Waals surface area contributed by atoms with Gasteiger partial charge in [0.2, 0.25) is 0 Å². The first-order valence-electron chi connectivity index (χ1n) is 8.79. The van der Waals surface area contributed by atoms with Crippen LogP contribution in [-0.4, -0.2) is 39.3 Å². The molecular weight excluding hydrogens is 394 g/mol. The van der Waals surface area contributed by atoms with E-state index in [1.54, 1.807) is 11.7 Å². The summed E-state index contributed by atoms with van der Waals surface area (Å²) in [5.74, 6) is 0.644. The van der Waals surface area contributed by atoms with Gasteiger partial charge in [0.15, 0.2) is 10.6 Å². The first-order valence-corrected chi connectivity index (χ1v) is 9.57. The van der Waals surface area contributed by atoms with Gasteiger partial charge in [0.1, 0.15) is 0 Å². The SMILES string of the molecule is CNC(=O)c1ccc(CN(C)Cn2nc(-c3ccccc3Cl)n(C)c2=S)cc1. The van der Waals surface area contributed by atoms with Gasteiger partial charge in [0.05, 0.1) is 11.7 Å². The molecule has 1 N–H and O–H groups in total. The summed E-state index contributed by atoms with van der Waals surface area (Å²) in [7, 11) is 5.51. The van der Waals surface area contributed by atoms with Gasteiger partial charge in [-0.2, -0.15) is 5.10 Å². The lowest BCUT2D eigenvalue weighted by Gasteiger charge is -2.16. The summed E-state index contributed by atoms with van der Waals surface area (Å²) in [6.07, 6.45) is 0. The van der Waals surface area contributed by atoms with Gasteiger partial charge in [-0.05, 0) is 49.1 Å². The first-order chi connectivity index (χ1) is 13.4. The minimum absolute atomic E-state index is 0.0909. The number of amides is 1. The molecule has 2 aromatic carbocycles. The predicted octanol–water partition coefficient (Wildman–Crippen LogP) is 3.72. The van der Waals surface area contributed by atoms with Crippen LogP contribution in [0.15, 0.2) is 48.5 Å². The minimum Gasteiger partial charge on any atom is -0.355 e. The van der Waals surface area contributed by atoms with E-state index in [1.165, 1.54) is 0 Å². The molecule has 3 rings (SSSR count). The van der Waals surface area contributed by atoms with Crippen molar-refractivity contribution in [2.24, 2.45) is 7.05 Å². The fourth-order valence-corrected chi connectivity index (χ4v) is 3.36. The molecule has 1 aromatic heterocycles. The maximum atomic E-state index is 11.6. The lowest BCUT2D eigenvalue weighted by molar-refractivity contribution is 0.0963. The summed E-state index contributed by atoms with van der Waals surface area (Å²) < 4.78 is 4.27. The van der Waals surface area contributed by atoms with Crippen LogP contribution in [0.1, 0.15) is 15.9 Å². The van der Waals surface area contributed by atoms with Crippen molar-refractivity contribution in [1.82, 2.24) is 24.6 Å². The Kier molecular flexibility index (Phi) is 6.28. The molecule has 146 valence electrons. The normalized spacial score (nSPS) is 11.0. The smallest absolute Gasteiger partial charge is 0.251 e. The summed E-state index contributed by atoms with van der Waals surface area (Å²) in [5, 5.41) is 7.93. The van der Waals surface area contributed by atoms with Crippen LogP contribution < -0.4 is 5.32 Å². The van der Waals surface area contributed by atoms with E-state index in [9.17, 15) is 4.79 Å². The molecular formula is C20H22ClN5OS. The highest BCUT2D eigenvalue weighted by atomic mass is 35.5. The average Bonchev–Trinajstić information content (AvgIpc) is 2.96. The highest BCUT2D eigenvalue weighted by molar-refractivity contribution is 7.71. The van der Waals surface area contributed by atoms with Crippen molar-refractivity contribution < 1.29 is 4.79 Å². The van der Waals surface area contributed by atoms with E-state index < -0.39 is 0 Å². The van der Waals surface area contributed by atoms with Gasteiger partial charge in [0.25, 0.3) is 5.91 Å². The summed E-state index contributed by atoms with van der Waals surface area (Å²) in [4.78, 5) is 13.7. The maximum absolute atomic E-state index is 11.6. The first kappa shape index (κ1) is 20.3. The Morgan fingerprint density at radius 1 is 1.21 bits per heavy atom. The zero-order valence-corrected chi connectivity index (χ0v) is 17.6. The number of hydrogen-bond acceptors (Lipinski definition) is 4. The Balaban J connectivity index is 1.75. The van der Waals surface area contributed by atoms with Gasteiger partial charge in [-0.25, -0.2) is 4.68 Å². The summed E-state index contributed by atoms with van der Waals surface area (Å²) in [6, 6.07) is 15.1. The summed E-state index contributed by atoms with van der Waals surface area (Å²) in [6.45, 7) is 1.24. The number of nitrogens with one attached hydrogen (secondary N) is 1. The number of aromatic nitrogens is 3. The van der Waals surface area contributed by atoms with Gasteiger partial charge in [-0.15, -0.1) is 0 Å². The number of hydrogen-bond donors (Lipinski definition) is 1. The van der Waals surface area contributed by atoms with Crippen molar-refractivity contribution in [2.45, 2.75) is 13.2 Å². The summed E-state index contributed by atoms with van der Waals surface area (Å²) in [5.41, 5.74) is 2.60. The van der Waals surface area contributed by atoms with Crippen molar-refractivity contribution in [1.29, 1.82) is 0 Å². The molecule has 0 aliphatic carbocycles. The maximum Gasteiger partial charge on any atom is 0.251 e. The molecule has 6 nitrogen and oxygen atoms in total. The second-order valence-electron chi connectivity index (χ2n) is 6.58. The number of carbonyl (C=O) groups is 1. The molecule has 0 unspecified atom stereocenters. The molecule has 0 spiro atoms. The highest BCUT2D eigenvalue weighted by Gasteiger charge is 2.14. The molecule has 0 bridgehead atoms. The Morgan fingerprint density at radius 2 is 1.89 bits per heavy atom. The standard InChI is InChI=1S/C20H22ClN5OS/c1-22-19(27)15-10-8-14(9-11-15)12-24(2)13-26-20(28)25(3)18(23-26)16-6-4-5-7-17(16)21/h4-11H,12-13H2,1-3H3,(H,22,27). The topological polar surface area (TPSA) is 55.1 Å². The van der Waals surface area contributed by atoms with Crippen molar-refractivity contribution >= 4 is 29.7 Å². The molecule has 0 fully saturated rings. The minimum atomic E-state index is -0.0909. The fraction of sp³-hybridized carbons (Fsp3) is 0.250. The van der Waals surface area contributed by atoms with E-state index in [1.807, 2.05) is 67.2 Å². The fourth-order valence-electron chi connectivity index (χ4n) is 2.95. The third kappa shape index (κ3) is 4.32. The quantitative estimate of drug-likeness (QED) is 0.623. The van der Waals surface area contributed by atoms with Gasteiger partial charge in [-0.3, -0.25) is 9.69 Å². The van der Waals surface area contributed by atoms with Crippen molar-refractivity contribution in [3.63, 3.8) is 0 Å². The van der Waals surface area contributed by atoms with Crippen LogP contribution in [0.4, 0.5) is 0 Å². The number of benzene rings is 2. The molecule has 0 saturated heterocycles. The average molecular weight is 416 g/mol. The third-order valence-electron chi connectivity index (χ3n) is 4.43. The van der Waals surface area contributed by atoms with E-state index in [2.05, 4.69) is 15.3 Å². The van der Waals surface area contributed by atoms with E-state index >= 15 is 0 Å². The Hall–Kier alpha value is -2.48. The number of rotatable bonds is 6. The lowest BCUT2D eigenvalue weighted by atomic mass is 10.1. The van der Waals surface area contributed by atoms with Crippen LogP contribution in [0.25, 0.3) is 11.4 Å². The number of halogens is 1. The number of carbonyl (C=O) groups excluding carboxylic acids is 1. The Labute approximate surface area is 174 Å². The largest absolute Gasteiger partial charge is 0.355 e. The molecule has 0 aliphatic heterocycles. The zero-order chi connectivity index (χ0) is 20.3. The van der Waals surface area contributed by atoms with Gasteiger partial charge >= 0.3 is 0 Å². The molecule has 3 aromatic rings. The molecule has 0 aliphatic rings. The van der Waals surface area contributed by atoms with Crippen LogP contribution >= 0.6 is 23.8 Å². The van der Waals surface area contributed by atoms with Crippen molar-refractivity contribution in [2.75, 3.05) is 14.1 Å². The molecule has 1 heterocycles. The summed E-state index contributed by atoms with van der Waals surface area (Å²) >= 11 is 11.9. The zero-order valence-electron chi connectivity index (χ0n) is 16.0. The van der Waals surface area contributed by atoms with Gasteiger partial charge in [0, 0.05) is 31.8 Å². The van der Waals surface area contributed by atoms with Gasteiger partial charge in [-0.1, -0.05) is 35.9 Å². The van der Waals surface area contributed by atoms with Crippen molar-refractivity contribution in [3.8, 4) is 11.4 Å². The van der Waals surface area contributed by atoms with E-state index in [4.69, 9.17) is 23.8 Å². The second kappa shape index (κ2) is 8.68. The molecule has 1 amide bonds. The third-order valence-corrected chi connectivity index (χ3v) is 5.24. The van der Waals surface area contributed by atoms with E-state index in [-0.39, 0.29) is 5.91 Å². The van der Waals surface area contributed by atoms with Crippen molar-refractivity contribution in [3.05, 3.63) is 69.5 Å². The Morgan fingerprint density at radius 3 is 2.54 bits per heavy atom. The van der Waals surface area contributed by atoms with E-state index in [0.717, 1.165) is 17.0 Å². The predicted molar refractivity (Wildman–Crippen MR) is 114 cm³/mol. The molecule has 0 radical (unpaired) electrons. The molecule has 28 heavy (non-hydrogen) atoms. The second-order valence-corrected chi connectivity index (χ2v) is 7.35. The molecule has 8 heteroatoms. The molecule has 0 saturated carbocycles.